The van der Waals surface area contributed by atoms with Crippen LogP contribution in [0, 0.1) is 11.8 Å². The lowest BCUT2D eigenvalue weighted by atomic mass is 9.88. The van der Waals surface area contributed by atoms with Crippen LogP contribution in [0.25, 0.3) is 0 Å². The van der Waals surface area contributed by atoms with Crippen LogP contribution in [0.5, 0.6) is 0 Å². The summed E-state index contributed by atoms with van der Waals surface area (Å²) in [7, 11) is 0. The van der Waals surface area contributed by atoms with Crippen molar-refractivity contribution in [2.75, 3.05) is 19.7 Å². The first-order valence-corrected chi connectivity index (χ1v) is 8.85. The maximum Gasteiger partial charge on any atom is 0.307 e. The van der Waals surface area contributed by atoms with Crippen LogP contribution in [0.4, 0.5) is 0 Å². The molecule has 0 unspecified atom stereocenters. The van der Waals surface area contributed by atoms with Gasteiger partial charge in [-0.25, -0.2) is 0 Å². The predicted octanol–water partition coefficient (Wildman–Crippen LogP) is 2.85. The van der Waals surface area contributed by atoms with Gasteiger partial charge in [-0.15, -0.1) is 6.58 Å². The molecule has 23 heavy (non-hydrogen) atoms. The number of carboxylic acid groups (broad SMARTS) is 1. The van der Waals surface area contributed by atoms with Gasteiger partial charge in [0.2, 0.25) is 5.91 Å². The van der Waals surface area contributed by atoms with Crippen LogP contribution in [0.2, 0.25) is 0 Å². The summed E-state index contributed by atoms with van der Waals surface area (Å²) in [4.78, 5) is 25.7. The monoisotopic (exact) mass is 323 g/mol. The second-order valence-electron chi connectivity index (χ2n) is 6.75. The van der Waals surface area contributed by atoms with Gasteiger partial charge in [0.25, 0.3) is 0 Å². The summed E-state index contributed by atoms with van der Waals surface area (Å²) in [6.45, 7) is 5.66. The maximum atomic E-state index is 12.4. The molecule has 0 spiro atoms. The molecule has 5 nitrogen and oxygen atoms in total. The molecule has 0 aromatic heterocycles. The Morgan fingerprint density at radius 2 is 2.04 bits per heavy atom. The summed E-state index contributed by atoms with van der Waals surface area (Å²) >= 11 is 0. The second-order valence-corrected chi connectivity index (χ2v) is 6.75. The van der Waals surface area contributed by atoms with Crippen LogP contribution in [0.1, 0.15) is 51.4 Å². The minimum Gasteiger partial charge on any atom is -0.481 e. The first-order chi connectivity index (χ1) is 11.1. The number of rotatable bonds is 9. The van der Waals surface area contributed by atoms with Gasteiger partial charge in [-0.3, -0.25) is 9.59 Å². The number of carbonyl (C=O) groups excluding carboxylic acids is 1. The number of amides is 1. The molecular weight excluding hydrogens is 294 g/mol. The fourth-order valence-electron chi connectivity index (χ4n) is 3.70. The topological polar surface area (TPSA) is 66.8 Å². The number of allylic oxidation sites excluding steroid dienone is 1. The van der Waals surface area contributed by atoms with Gasteiger partial charge in [-0.2, -0.15) is 0 Å². The highest BCUT2D eigenvalue weighted by Gasteiger charge is 2.35. The Morgan fingerprint density at radius 3 is 2.70 bits per heavy atom. The minimum atomic E-state index is -0.818. The largest absolute Gasteiger partial charge is 0.481 e. The van der Waals surface area contributed by atoms with E-state index in [4.69, 9.17) is 4.74 Å². The minimum absolute atomic E-state index is 0.0264. The molecule has 0 bridgehead atoms. The molecule has 1 saturated heterocycles. The summed E-state index contributed by atoms with van der Waals surface area (Å²) in [6, 6.07) is 0. The summed E-state index contributed by atoms with van der Waals surface area (Å²) in [5.74, 6) is -1.19. The first kappa shape index (κ1) is 18.0. The number of likely N-dealkylation sites (tertiary alicyclic amines) is 1. The average molecular weight is 323 g/mol. The highest BCUT2D eigenvalue weighted by atomic mass is 16.5. The zero-order valence-electron chi connectivity index (χ0n) is 13.9. The summed E-state index contributed by atoms with van der Waals surface area (Å²) in [5.41, 5.74) is 0. The van der Waals surface area contributed by atoms with E-state index in [1.807, 2.05) is 6.08 Å². The van der Waals surface area contributed by atoms with Gasteiger partial charge in [0.15, 0.2) is 0 Å². The highest BCUT2D eigenvalue weighted by molar-refractivity contribution is 5.82. The third-order valence-corrected chi connectivity index (χ3v) is 5.08. The van der Waals surface area contributed by atoms with Crippen molar-refractivity contribution in [2.45, 2.75) is 57.5 Å². The van der Waals surface area contributed by atoms with Gasteiger partial charge in [-0.05, 0) is 38.0 Å². The Bertz CT molecular complexity index is 417. The number of ether oxygens (including phenoxy) is 1. The SMILES string of the molecule is C=CCCCO[C@H]1CCN(C(=O)C[C@H](C(=O)O)C2CCCC2)C1. The van der Waals surface area contributed by atoms with Gasteiger partial charge in [0.05, 0.1) is 12.0 Å². The van der Waals surface area contributed by atoms with Gasteiger partial charge in [0, 0.05) is 26.1 Å². The van der Waals surface area contributed by atoms with E-state index in [0.29, 0.717) is 19.7 Å². The van der Waals surface area contributed by atoms with Crippen LogP contribution >= 0.6 is 0 Å². The number of carboxylic acids is 1. The van der Waals surface area contributed by atoms with E-state index in [2.05, 4.69) is 6.58 Å². The smallest absolute Gasteiger partial charge is 0.307 e. The molecule has 0 aromatic rings. The van der Waals surface area contributed by atoms with Crippen molar-refractivity contribution in [3.05, 3.63) is 12.7 Å². The third kappa shape index (κ3) is 5.34. The van der Waals surface area contributed by atoms with E-state index in [-0.39, 0.29) is 24.3 Å². The standard InChI is InChI=1S/C18H29NO4/c1-2-3-6-11-23-15-9-10-19(13-15)17(20)12-16(18(21)22)14-7-4-5-8-14/h2,14-16H,1,3-13H2,(H,21,22)/t15-,16-/m0/s1. The molecule has 1 heterocycles. The van der Waals surface area contributed by atoms with Crippen LogP contribution in [-0.4, -0.2) is 47.7 Å². The fourth-order valence-corrected chi connectivity index (χ4v) is 3.70. The zero-order valence-corrected chi connectivity index (χ0v) is 13.9. The van der Waals surface area contributed by atoms with Gasteiger partial charge < -0.3 is 14.7 Å². The highest BCUT2D eigenvalue weighted by Crippen LogP contribution is 2.34. The van der Waals surface area contributed by atoms with E-state index in [9.17, 15) is 14.7 Å². The van der Waals surface area contributed by atoms with Crippen molar-refractivity contribution in [2.24, 2.45) is 11.8 Å². The Labute approximate surface area is 138 Å². The molecule has 2 atom stereocenters. The van der Waals surface area contributed by atoms with Crippen molar-refractivity contribution in [1.82, 2.24) is 4.90 Å². The molecule has 2 fully saturated rings. The molecule has 2 rings (SSSR count). The van der Waals surface area contributed by atoms with Crippen LogP contribution in [0.15, 0.2) is 12.7 Å². The molecule has 130 valence electrons. The number of unbranched alkanes of at least 4 members (excludes halogenated alkanes) is 1. The van der Waals surface area contributed by atoms with E-state index in [1.165, 1.54) is 0 Å². The van der Waals surface area contributed by atoms with Gasteiger partial charge in [-0.1, -0.05) is 18.9 Å². The number of carbonyl (C=O) groups is 2. The number of hydrogen-bond acceptors (Lipinski definition) is 3. The molecule has 2 aliphatic rings. The lowest BCUT2D eigenvalue weighted by Gasteiger charge is -2.22. The molecule has 1 N–H and O–H groups in total. The molecule has 0 radical (unpaired) electrons. The lowest BCUT2D eigenvalue weighted by molar-refractivity contribution is -0.147. The molecule has 1 aliphatic heterocycles. The Balaban J connectivity index is 1.76. The average Bonchev–Trinajstić information content (AvgIpc) is 3.20. The predicted molar refractivity (Wildman–Crippen MR) is 88.1 cm³/mol. The van der Waals surface area contributed by atoms with Crippen LogP contribution in [-0.2, 0) is 14.3 Å². The summed E-state index contributed by atoms with van der Waals surface area (Å²) < 4.78 is 5.78. The van der Waals surface area contributed by atoms with Gasteiger partial charge in [0.1, 0.15) is 0 Å². The van der Waals surface area contributed by atoms with E-state index >= 15 is 0 Å². The Morgan fingerprint density at radius 1 is 1.30 bits per heavy atom. The molecular formula is C18H29NO4. The molecule has 0 aromatic carbocycles. The maximum absolute atomic E-state index is 12.4. The Kier molecular flexibility index (Phi) is 7.09. The second kappa shape index (κ2) is 9.06. The fraction of sp³-hybridized carbons (Fsp3) is 0.778. The summed E-state index contributed by atoms with van der Waals surface area (Å²) in [6.07, 6.45) is 8.93. The van der Waals surface area contributed by atoms with Crippen molar-refractivity contribution in [1.29, 1.82) is 0 Å². The number of aliphatic carboxylic acids is 1. The van der Waals surface area contributed by atoms with Crippen LogP contribution in [0.3, 0.4) is 0 Å². The Hall–Kier alpha value is -1.36. The van der Waals surface area contributed by atoms with Crippen LogP contribution < -0.4 is 0 Å². The lowest BCUT2D eigenvalue weighted by Crippen LogP contribution is -2.34. The van der Waals surface area contributed by atoms with E-state index < -0.39 is 11.9 Å². The van der Waals surface area contributed by atoms with E-state index in [1.54, 1.807) is 4.90 Å². The number of hydrogen-bond donors (Lipinski definition) is 1. The molecule has 1 aliphatic carbocycles. The normalized spacial score (nSPS) is 23.1. The van der Waals surface area contributed by atoms with Gasteiger partial charge >= 0.3 is 5.97 Å². The zero-order chi connectivity index (χ0) is 16.7. The van der Waals surface area contributed by atoms with Crippen molar-refractivity contribution < 1.29 is 19.4 Å². The first-order valence-electron chi connectivity index (χ1n) is 8.85. The molecule has 5 heteroatoms. The van der Waals surface area contributed by atoms with E-state index in [0.717, 1.165) is 44.9 Å². The quantitative estimate of drug-likeness (QED) is 0.523. The van der Waals surface area contributed by atoms with Crippen molar-refractivity contribution in [3.8, 4) is 0 Å². The number of nitrogens with zero attached hydrogens (tertiary/aromatic N) is 1. The van der Waals surface area contributed by atoms with Crippen molar-refractivity contribution in [3.63, 3.8) is 0 Å². The third-order valence-electron chi connectivity index (χ3n) is 5.08. The molecule has 1 saturated carbocycles. The van der Waals surface area contributed by atoms with Crippen molar-refractivity contribution >= 4 is 11.9 Å². The molecule has 1 amide bonds. The summed E-state index contributed by atoms with van der Waals surface area (Å²) in [5, 5.41) is 9.44.